The van der Waals surface area contributed by atoms with Gasteiger partial charge < -0.3 is 20.3 Å². The number of aliphatic hydroxyl groups excluding tert-OH is 1. The molecule has 3 N–H and O–H groups in total. The number of aromatic nitrogens is 2. The Hall–Kier alpha value is -2.62. The highest BCUT2D eigenvalue weighted by Crippen LogP contribution is 2.31. The molecule has 2 rings (SSSR count). The van der Waals surface area contributed by atoms with Crippen molar-refractivity contribution in [3.05, 3.63) is 24.0 Å². The number of hydrogen-bond acceptors (Lipinski definition) is 4. The van der Waals surface area contributed by atoms with Gasteiger partial charge in [-0.2, -0.15) is 13.2 Å². The number of nitrogens with zero attached hydrogens (tertiary/aromatic N) is 2. The number of aryl methyl sites for hydroxylation is 1. The van der Waals surface area contributed by atoms with Crippen molar-refractivity contribution in [1.29, 1.82) is 0 Å². The van der Waals surface area contributed by atoms with Crippen LogP contribution in [0.2, 0.25) is 0 Å². The minimum absolute atomic E-state index is 0.0343. The first kappa shape index (κ1) is 17.7. The van der Waals surface area contributed by atoms with Crippen molar-refractivity contribution < 1.29 is 27.9 Å². The van der Waals surface area contributed by atoms with Crippen molar-refractivity contribution in [2.24, 2.45) is 7.05 Å². The lowest BCUT2D eigenvalue weighted by molar-refractivity contribution is -0.146. The number of fused-ring (bicyclic) bond motifs is 1. The van der Waals surface area contributed by atoms with Crippen LogP contribution in [-0.4, -0.2) is 39.1 Å². The van der Waals surface area contributed by atoms with Crippen LogP contribution < -0.4 is 10.6 Å². The SMILES string of the molecule is C[C@@H](O)CNC(=O)C(=O)Nc1ccc2c(c1)nc(C(F)(F)F)n2C. The van der Waals surface area contributed by atoms with E-state index in [4.69, 9.17) is 5.11 Å². The number of hydrogen-bond donors (Lipinski definition) is 3. The summed E-state index contributed by atoms with van der Waals surface area (Å²) in [7, 11) is 1.24. The maximum absolute atomic E-state index is 12.8. The van der Waals surface area contributed by atoms with Crippen LogP contribution in [0, 0.1) is 0 Å². The molecule has 1 atom stereocenters. The molecule has 1 heterocycles. The highest BCUT2D eigenvalue weighted by Gasteiger charge is 2.36. The predicted molar refractivity (Wildman–Crippen MR) is 79.0 cm³/mol. The Morgan fingerprint density at radius 2 is 2.00 bits per heavy atom. The molecule has 0 spiro atoms. The molecule has 10 heteroatoms. The Bertz CT molecular complexity index is 783. The fourth-order valence-electron chi connectivity index (χ4n) is 2.04. The van der Waals surface area contributed by atoms with Gasteiger partial charge in [-0.15, -0.1) is 0 Å². The monoisotopic (exact) mass is 344 g/mol. The average Bonchev–Trinajstić information content (AvgIpc) is 2.81. The summed E-state index contributed by atoms with van der Waals surface area (Å²) in [5.41, 5.74) is 0.400. The van der Waals surface area contributed by atoms with Gasteiger partial charge >= 0.3 is 18.0 Å². The third kappa shape index (κ3) is 3.82. The van der Waals surface area contributed by atoms with Gasteiger partial charge in [0, 0.05) is 19.3 Å². The Kier molecular flexibility index (Phi) is 4.78. The second kappa shape index (κ2) is 6.48. The summed E-state index contributed by atoms with van der Waals surface area (Å²) in [6.45, 7) is 1.34. The van der Waals surface area contributed by atoms with Gasteiger partial charge in [-0.05, 0) is 25.1 Å². The number of rotatable bonds is 3. The van der Waals surface area contributed by atoms with E-state index in [1.165, 1.54) is 32.2 Å². The molecule has 1 aromatic heterocycles. The van der Waals surface area contributed by atoms with Crippen LogP contribution in [0.15, 0.2) is 18.2 Å². The molecular weight excluding hydrogens is 329 g/mol. The first-order valence-electron chi connectivity index (χ1n) is 6.90. The number of carbonyl (C=O) groups is 2. The second-order valence-corrected chi connectivity index (χ2v) is 5.21. The lowest BCUT2D eigenvalue weighted by Crippen LogP contribution is -2.38. The molecule has 0 bridgehead atoms. The third-order valence-corrected chi connectivity index (χ3v) is 3.16. The number of carbonyl (C=O) groups excluding carboxylic acids is 2. The average molecular weight is 344 g/mol. The summed E-state index contributed by atoms with van der Waals surface area (Å²) in [4.78, 5) is 26.7. The van der Waals surface area contributed by atoms with Crippen molar-refractivity contribution in [3.63, 3.8) is 0 Å². The van der Waals surface area contributed by atoms with Crippen LogP contribution in [0.25, 0.3) is 11.0 Å². The molecule has 24 heavy (non-hydrogen) atoms. The maximum Gasteiger partial charge on any atom is 0.449 e. The molecule has 0 aliphatic rings. The van der Waals surface area contributed by atoms with E-state index in [-0.39, 0.29) is 23.3 Å². The number of benzene rings is 1. The van der Waals surface area contributed by atoms with Crippen LogP contribution >= 0.6 is 0 Å². The summed E-state index contributed by atoms with van der Waals surface area (Å²) in [6.07, 6.45) is -5.41. The number of anilines is 1. The molecule has 0 aliphatic heterocycles. The Morgan fingerprint density at radius 3 is 2.58 bits per heavy atom. The fourth-order valence-corrected chi connectivity index (χ4v) is 2.04. The minimum atomic E-state index is -4.60. The molecule has 1 aromatic carbocycles. The van der Waals surface area contributed by atoms with Gasteiger partial charge in [0.2, 0.25) is 5.82 Å². The van der Waals surface area contributed by atoms with Crippen molar-refractivity contribution in [3.8, 4) is 0 Å². The summed E-state index contributed by atoms with van der Waals surface area (Å²) >= 11 is 0. The Labute approximate surface area is 134 Å². The maximum atomic E-state index is 12.8. The number of amides is 2. The molecular formula is C14H15F3N4O3. The minimum Gasteiger partial charge on any atom is -0.392 e. The van der Waals surface area contributed by atoms with E-state index in [2.05, 4.69) is 15.6 Å². The zero-order valence-electron chi connectivity index (χ0n) is 12.8. The zero-order chi connectivity index (χ0) is 18.1. The van der Waals surface area contributed by atoms with E-state index in [9.17, 15) is 22.8 Å². The molecule has 0 fully saturated rings. The number of imidazole rings is 1. The van der Waals surface area contributed by atoms with E-state index >= 15 is 0 Å². The first-order valence-corrected chi connectivity index (χ1v) is 6.90. The van der Waals surface area contributed by atoms with Gasteiger partial charge in [-0.1, -0.05) is 0 Å². The predicted octanol–water partition coefficient (Wildman–Crippen LogP) is 1.03. The fraction of sp³-hybridized carbons (Fsp3) is 0.357. The van der Waals surface area contributed by atoms with Crippen molar-refractivity contribution in [2.45, 2.75) is 19.2 Å². The Balaban J connectivity index is 2.19. The van der Waals surface area contributed by atoms with Crippen molar-refractivity contribution >= 4 is 28.5 Å². The summed E-state index contributed by atoms with van der Waals surface area (Å²) in [5, 5.41) is 13.5. The first-order chi connectivity index (χ1) is 11.1. The summed E-state index contributed by atoms with van der Waals surface area (Å²) in [6, 6.07) is 3.97. The van der Waals surface area contributed by atoms with Gasteiger partial charge in [0.1, 0.15) is 0 Å². The number of halogens is 3. The lowest BCUT2D eigenvalue weighted by Gasteiger charge is -2.08. The van der Waals surface area contributed by atoms with Crippen LogP contribution in [-0.2, 0) is 22.8 Å². The van der Waals surface area contributed by atoms with E-state index in [0.29, 0.717) is 0 Å². The lowest BCUT2D eigenvalue weighted by atomic mass is 10.2. The highest BCUT2D eigenvalue weighted by molar-refractivity contribution is 6.39. The van der Waals surface area contributed by atoms with Gasteiger partial charge in [0.05, 0.1) is 17.1 Å². The van der Waals surface area contributed by atoms with E-state index < -0.39 is 29.9 Å². The molecule has 0 radical (unpaired) electrons. The molecule has 0 saturated carbocycles. The molecule has 0 unspecified atom stereocenters. The highest BCUT2D eigenvalue weighted by atomic mass is 19.4. The molecule has 2 aromatic rings. The van der Waals surface area contributed by atoms with E-state index in [1.54, 1.807) is 0 Å². The van der Waals surface area contributed by atoms with Gasteiger partial charge in [-0.3, -0.25) is 9.59 Å². The molecule has 0 aliphatic carbocycles. The molecule has 7 nitrogen and oxygen atoms in total. The number of nitrogens with one attached hydrogen (secondary N) is 2. The van der Waals surface area contributed by atoms with E-state index in [1.807, 2.05) is 0 Å². The molecule has 130 valence electrons. The third-order valence-electron chi connectivity index (χ3n) is 3.16. The van der Waals surface area contributed by atoms with Crippen LogP contribution in [0.1, 0.15) is 12.7 Å². The largest absolute Gasteiger partial charge is 0.449 e. The quantitative estimate of drug-likeness (QED) is 0.725. The van der Waals surface area contributed by atoms with E-state index in [0.717, 1.165) is 4.57 Å². The van der Waals surface area contributed by atoms with Crippen molar-refractivity contribution in [2.75, 3.05) is 11.9 Å². The summed E-state index contributed by atoms with van der Waals surface area (Å²) in [5.74, 6) is -3.02. The van der Waals surface area contributed by atoms with Crippen LogP contribution in [0.4, 0.5) is 18.9 Å². The smallest absolute Gasteiger partial charge is 0.392 e. The zero-order valence-corrected chi connectivity index (χ0v) is 12.8. The van der Waals surface area contributed by atoms with Gasteiger partial charge in [0.25, 0.3) is 0 Å². The Morgan fingerprint density at radius 1 is 1.33 bits per heavy atom. The summed E-state index contributed by atoms with van der Waals surface area (Å²) < 4.78 is 39.4. The standard InChI is InChI=1S/C14H15F3N4O3/c1-7(22)6-18-11(23)12(24)19-8-3-4-10-9(5-8)20-13(21(10)2)14(15,16)17/h3-5,7,22H,6H2,1-2H3,(H,18,23)(H,19,24)/t7-/m1/s1. The normalized spacial score (nSPS) is 12.9. The van der Waals surface area contributed by atoms with Gasteiger partial charge in [0.15, 0.2) is 0 Å². The van der Waals surface area contributed by atoms with Crippen LogP contribution in [0.3, 0.4) is 0 Å². The second-order valence-electron chi connectivity index (χ2n) is 5.21. The van der Waals surface area contributed by atoms with Gasteiger partial charge in [-0.25, -0.2) is 4.98 Å². The molecule has 0 saturated heterocycles. The number of aliphatic hydroxyl groups is 1. The topological polar surface area (TPSA) is 96.2 Å². The van der Waals surface area contributed by atoms with Crippen molar-refractivity contribution in [1.82, 2.24) is 14.9 Å². The van der Waals surface area contributed by atoms with Crippen LogP contribution in [0.5, 0.6) is 0 Å². The number of alkyl halides is 3. The molecule has 2 amide bonds.